The summed E-state index contributed by atoms with van der Waals surface area (Å²) in [6, 6.07) is 0.475. The van der Waals surface area contributed by atoms with Gasteiger partial charge in [0.1, 0.15) is 18.2 Å². The van der Waals surface area contributed by atoms with Crippen LogP contribution in [0.5, 0.6) is 0 Å². The number of nitrogens with zero attached hydrogens (tertiary/aromatic N) is 8. The van der Waals surface area contributed by atoms with Gasteiger partial charge in [-0.25, -0.2) is 15.0 Å². The van der Waals surface area contributed by atoms with Crippen molar-refractivity contribution < 1.29 is 24.2 Å². The second-order valence-corrected chi connectivity index (χ2v) is 17.6. The monoisotopic (exact) mass is 804 g/mol. The molecule has 1 unspecified atom stereocenters. The highest BCUT2D eigenvalue weighted by molar-refractivity contribution is 5.86. The summed E-state index contributed by atoms with van der Waals surface area (Å²) in [6.45, 7) is 17.2. The van der Waals surface area contributed by atoms with Crippen LogP contribution >= 0.6 is 24.8 Å². The number of aliphatic hydroxyl groups excluding tert-OH is 1. The maximum Gasteiger partial charge on any atom is 0.320 e. The van der Waals surface area contributed by atoms with Crippen molar-refractivity contribution >= 4 is 59.5 Å². The molecule has 13 nitrogen and oxygen atoms in total. The standard InChI is InChI=1S/C40H60N8O5.2ClH/c1-8-38(4)21-30(39(5)26(2)9-13-40(27(3)35(38)52)14-10-29(49)34(39)40)53-32(51)23-45-17-19-46(20-18-45)31(50)12-16-48-25-43-33-36(41-24-42-37(33)48)47-15-11-28(22-47)44(6)7;;/h8,24-28,30,34-35,52H,1,9-23H2,2-7H3;2*1H/t26-,27+,28?,30-,34-,35+,38-,39+,40+;;/m1../s1. The molecular formula is C40H62Cl2N8O5. The molecule has 2 aliphatic heterocycles. The summed E-state index contributed by atoms with van der Waals surface area (Å²) >= 11 is 0. The van der Waals surface area contributed by atoms with Crippen molar-refractivity contribution in [2.75, 3.05) is 64.8 Å². The molecule has 2 aromatic heterocycles. The lowest BCUT2D eigenvalue weighted by Gasteiger charge is -2.61. The molecule has 3 aliphatic carbocycles. The summed E-state index contributed by atoms with van der Waals surface area (Å²) in [5.41, 5.74) is -0.00923. The Labute approximate surface area is 338 Å². The summed E-state index contributed by atoms with van der Waals surface area (Å²) in [4.78, 5) is 63.0. The number of rotatable bonds is 9. The molecule has 3 saturated carbocycles. The van der Waals surface area contributed by atoms with Gasteiger partial charge in [0.15, 0.2) is 17.0 Å². The average Bonchev–Trinajstić information content (AvgIpc) is 3.89. The molecule has 5 aliphatic rings. The van der Waals surface area contributed by atoms with E-state index < -0.39 is 23.0 Å². The number of ketones is 1. The molecule has 0 spiro atoms. The lowest BCUT2D eigenvalue weighted by atomic mass is 9.44. The van der Waals surface area contributed by atoms with Gasteiger partial charge in [-0.3, -0.25) is 19.3 Å². The van der Waals surface area contributed by atoms with Crippen molar-refractivity contribution in [3.05, 3.63) is 25.3 Å². The van der Waals surface area contributed by atoms with Crippen molar-refractivity contribution in [3.8, 4) is 0 Å². The average molecular weight is 806 g/mol. The predicted molar refractivity (Wildman–Crippen MR) is 216 cm³/mol. The van der Waals surface area contributed by atoms with Crippen LogP contribution in [0.3, 0.4) is 0 Å². The molecule has 5 fully saturated rings. The number of carbonyl (C=O) groups excluding carboxylic acids is 3. The first-order valence-electron chi connectivity index (χ1n) is 19.8. The summed E-state index contributed by atoms with van der Waals surface area (Å²) in [5, 5.41) is 11.8. The van der Waals surface area contributed by atoms with Crippen LogP contribution in [0.1, 0.15) is 72.6 Å². The summed E-state index contributed by atoms with van der Waals surface area (Å²) in [7, 11) is 4.21. The van der Waals surface area contributed by atoms with E-state index >= 15 is 0 Å². The number of Topliss-reactive ketones (excluding diaryl/α,β-unsaturated/α-hetero) is 1. The van der Waals surface area contributed by atoms with Gasteiger partial charge in [0.25, 0.3) is 0 Å². The molecule has 9 atom stereocenters. The van der Waals surface area contributed by atoms with Gasteiger partial charge in [-0.1, -0.05) is 33.8 Å². The minimum atomic E-state index is -0.692. The number of likely N-dealkylation sites (N-methyl/N-ethyl adjacent to an activating group) is 1. The molecule has 2 bridgehead atoms. The van der Waals surface area contributed by atoms with Crippen molar-refractivity contribution in [2.45, 2.75) is 97.4 Å². The topological polar surface area (TPSA) is 137 Å². The minimum absolute atomic E-state index is 0. The third-order valence-corrected chi connectivity index (χ3v) is 14.8. The van der Waals surface area contributed by atoms with E-state index in [1.807, 2.05) is 22.5 Å². The van der Waals surface area contributed by atoms with Gasteiger partial charge in [-0.15, -0.1) is 31.4 Å². The van der Waals surface area contributed by atoms with E-state index in [-0.39, 0.29) is 72.2 Å². The SMILES string of the molecule is C=C[C@]1(C)C[C@@H](OC(=O)CN2CCN(C(=O)CCn3cnc4c(N5CCC(N(C)C)C5)ncnc43)CC2)[C@]2(C)[C@H](C)CC[C@]3(CCC(=O)[C@@H]32)[C@@H](C)[C@@H]1O.Cl.Cl. The molecular weight excluding hydrogens is 743 g/mol. The quantitative estimate of drug-likeness (QED) is 0.288. The first kappa shape index (κ1) is 43.3. The fourth-order valence-corrected chi connectivity index (χ4v) is 11.0. The predicted octanol–water partition coefficient (Wildman–Crippen LogP) is 4.25. The van der Waals surface area contributed by atoms with Gasteiger partial charge in [0, 0.05) is 81.4 Å². The molecule has 4 heterocycles. The molecule has 1 amide bonds. The van der Waals surface area contributed by atoms with E-state index in [1.165, 1.54) is 0 Å². The number of anilines is 1. The number of hydrogen-bond donors (Lipinski definition) is 1. The Bertz CT molecular complexity index is 1740. The molecule has 2 saturated heterocycles. The van der Waals surface area contributed by atoms with E-state index in [0.29, 0.717) is 58.0 Å². The third-order valence-electron chi connectivity index (χ3n) is 14.8. The fourth-order valence-electron chi connectivity index (χ4n) is 11.0. The zero-order valence-corrected chi connectivity index (χ0v) is 35.1. The third kappa shape index (κ3) is 7.53. The van der Waals surface area contributed by atoms with Gasteiger partial charge in [-0.2, -0.15) is 0 Å². The number of aliphatic hydroxyl groups is 1. The molecule has 0 radical (unpaired) electrons. The van der Waals surface area contributed by atoms with E-state index in [4.69, 9.17) is 4.74 Å². The number of amides is 1. The first-order valence-corrected chi connectivity index (χ1v) is 19.8. The van der Waals surface area contributed by atoms with Crippen LogP contribution in [0, 0.1) is 34.0 Å². The van der Waals surface area contributed by atoms with E-state index in [1.54, 1.807) is 12.7 Å². The second kappa shape index (κ2) is 16.6. The van der Waals surface area contributed by atoms with Gasteiger partial charge in [-0.05, 0) is 63.5 Å². The van der Waals surface area contributed by atoms with Crippen molar-refractivity contribution in [1.82, 2.24) is 34.2 Å². The second-order valence-electron chi connectivity index (χ2n) is 17.6. The summed E-state index contributed by atoms with van der Waals surface area (Å²) in [5.74, 6) is 0.704. The number of hydrogen-bond acceptors (Lipinski definition) is 11. The Hall–Kier alpha value is -2.84. The minimum Gasteiger partial charge on any atom is -0.461 e. The maximum absolute atomic E-state index is 13.8. The van der Waals surface area contributed by atoms with Crippen molar-refractivity contribution in [2.24, 2.45) is 34.0 Å². The Morgan fingerprint density at radius 1 is 1.05 bits per heavy atom. The number of aromatic nitrogens is 4. The van der Waals surface area contributed by atoms with Gasteiger partial charge >= 0.3 is 5.97 Å². The van der Waals surface area contributed by atoms with Crippen LogP contribution in [0.4, 0.5) is 5.82 Å². The largest absolute Gasteiger partial charge is 0.461 e. The fraction of sp³-hybridized carbons (Fsp3) is 0.750. The number of esters is 1. The lowest BCUT2D eigenvalue weighted by molar-refractivity contribution is -0.207. The zero-order chi connectivity index (χ0) is 37.9. The maximum atomic E-state index is 13.8. The van der Waals surface area contributed by atoms with Crippen LogP contribution in [-0.4, -0.2) is 135 Å². The van der Waals surface area contributed by atoms with Crippen LogP contribution in [0.2, 0.25) is 0 Å². The zero-order valence-electron chi connectivity index (χ0n) is 33.5. The number of piperazine rings is 1. The number of halogens is 2. The lowest BCUT2D eigenvalue weighted by Crippen LogP contribution is -2.63. The van der Waals surface area contributed by atoms with Crippen LogP contribution in [0.15, 0.2) is 25.3 Å². The molecule has 306 valence electrons. The molecule has 1 N–H and O–H groups in total. The summed E-state index contributed by atoms with van der Waals surface area (Å²) in [6.07, 6.45) is 8.90. The van der Waals surface area contributed by atoms with E-state index in [2.05, 4.69) is 71.1 Å². The van der Waals surface area contributed by atoms with Crippen LogP contribution in [0.25, 0.3) is 11.2 Å². The van der Waals surface area contributed by atoms with Gasteiger partial charge in [0.05, 0.1) is 19.0 Å². The number of fused-ring (bicyclic) bond motifs is 1. The Morgan fingerprint density at radius 3 is 2.45 bits per heavy atom. The molecule has 7 rings (SSSR count). The Morgan fingerprint density at radius 2 is 1.78 bits per heavy atom. The van der Waals surface area contributed by atoms with Crippen molar-refractivity contribution in [1.29, 1.82) is 0 Å². The smallest absolute Gasteiger partial charge is 0.320 e. The van der Waals surface area contributed by atoms with Crippen LogP contribution < -0.4 is 4.90 Å². The van der Waals surface area contributed by atoms with E-state index in [0.717, 1.165) is 55.8 Å². The highest BCUT2D eigenvalue weighted by Gasteiger charge is 2.68. The highest BCUT2D eigenvalue weighted by atomic mass is 35.5. The summed E-state index contributed by atoms with van der Waals surface area (Å²) < 4.78 is 8.41. The molecule has 55 heavy (non-hydrogen) atoms. The van der Waals surface area contributed by atoms with Gasteiger partial charge < -0.3 is 29.1 Å². The Kier molecular flexibility index (Phi) is 13.0. The number of imidazole rings is 1. The normalized spacial score (nSPS) is 35.1. The van der Waals surface area contributed by atoms with E-state index in [9.17, 15) is 19.5 Å². The number of ether oxygens (including phenoxy) is 1. The van der Waals surface area contributed by atoms with Gasteiger partial charge in [0.2, 0.25) is 5.91 Å². The Balaban J connectivity index is 0.00000290. The van der Waals surface area contributed by atoms with Crippen molar-refractivity contribution in [3.63, 3.8) is 0 Å². The molecule has 0 aromatic carbocycles. The highest BCUT2D eigenvalue weighted by Crippen LogP contribution is 2.68. The number of carbonyl (C=O) groups is 3. The molecule has 15 heteroatoms. The van der Waals surface area contributed by atoms with Crippen LogP contribution in [-0.2, 0) is 25.7 Å². The molecule has 2 aromatic rings. The number of aryl methyl sites for hydroxylation is 1. The first-order chi connectivity index (χ1) is 25.2.